The first-order valence-corrected chi connectivity index (χ1v) is 20.5. The summed E-state index contributed by atoms with van der Waals surface area (Å²) in [6.45, 7) is 6.49. The molecule has 0 aromatic heterocycles. The predicted molar refractivity (Wildman–Crippen MR) is 200 cm³/mol. The van der Waals surface area contributed by atoms with Crippen molar-refractivity contribution < 1.29 is 28.6 Å². The summed E-state index contributed by atoms with van der Waals surface area (Å²) < 4.78 is 16.7. The third-order valence-corrected chi connectivity index (χ3v) is 9.12. The first kappa shape index (κ1) is 46.4. The van der Waals surface area contributed by atoms with Gasteiger partial charge in [-0.05, 0) is 78.4 Å². The molecule has 0 heterocycles. The molecule has 0 aromatic rings. The van der Waals surface area contributed by atoms with Crippen molar-refractivity contribution in [1.29, 1.82) is 0 Å². The number of carbonyl (C=O) groups excluding carboxylic acids is 3. The fourth-order valence-corrected chi connectivity index (χ4v) is 6.02. The van der Waals surface area contributed by atoms with Gasteiger partial charge in [-0.2, -0.15) is 0 Å². The van der Waals surface area contributed by atoms with E-state index in [2.05, 4.69) is 18.7 Å². The van der Waals surface area contributed by atoms with E-state index in [1.165, 1.54) is 51.4 Å². The zero-order chi connectivity index (χ0) is 35.3. The Morgan fingerprint density at radius 2 is 0.792 bits per heavy atom. The fraction of sp³-hybridized carbons (Fsp3) is 0.927. The summed E-state index contributed by atoms with van der Waals surface area (Å²) in [5.41, 5.74) is 0. The highest BCUT2D eigenvalue weighted by Gasteiger charge is 2.14. The minimum absolute atomic E-state index is 0.0136. The average molecular weight is 682 g/mol. The van der Waals surface area contributed by atoms with Gasteiger partial charge in [0.15, 0.2) is 0 Å². The second-order valence-corrected chi connectivity index (χ2v) is 14.3. The Bertz CT molecular complexity index is 682. The maximum Gasteiger partial charge on any atom is 0.306 e. The smallest absolute Gasteiger partial charge is 0.306 e. The van der Waals surface area contributed by atoms with E-state index in [1.807, 2.05) is 14.1 Å². The zero-order valence-corrected chi connectivity index (χ0v) is 32.3. The Hall–Kier alpha value is -1.63. The quantitative estimate of drug-likeness (QED) is 0.0366. The van der Waals surface area contributed by atoms with Crippen LogP contribution in [-0.4, -0.2) is 62.8 Å². The van der Waals surface area contributed by atoms with Crippen LogP contribution in [0.4, 0.5) is 0 Å². The van der Waals surface area contributed by atoms with Gasteiger partial charge in [0, 0.05) is 19.3 Å². The van der Waals surface area contributed by atoms with Crippen LogP contribution in [0.2, 0.25) is 0 Å². The second kappa shape index (κ2) is 36.6. The predicted octanol–water partition coefficient (Wildman–Crippen LogP) is 11.3. The van der Waals surface area contributed by atoms with Gasteiger partial charge in [-0.25, -0.2) is 0 Å². The topological polar surface area (TPSA) is 82.1 Å². The van der Waals surface area contributed by atoms with Crippen molar-refractivity contribution in [3.8, 4) is 0 Å². The molecular weight excluding hydrogens is 602 g/mol. The molecule has 0 bridgehead atoms. The Balaban J connectivity index is 4.02. The van der Waals surface area contributed by atoms with Crippen LogP contribution in [0.25, 0.3) is 0 Å². The number of carbonyl (C=O) groups is 3. The lowest BCUT2D eigenvalue weighted by Crippen LogP contribution is -2.20. The molecule has 0 unspecified atom stereocenters. The SMILES string of the molecule is CCCCCCCCOC(=O)CCCCCCCCC(CCCCCCCCC(=O)OCCCCCCCC)OC(=O)CCCN(C)C. The maximum atomic E-state index is 12.5. The van der Waals surface area contributed by atoms with Crippen LogP contribution in [0.5, 0.6) is 0 Å². The van der Waals surface area contributed by atoms with Crippen LogP contribution < -0.4 is 0 Å². The molecular formula is C41H79NO6. The molecule has 0 saturated heterocycles. The van der Waals surface area contributed by atoms with Crippen molar-refractivity contribution in [1.82, 2.24) is 4.90 Å². The Morgan fingerprint density at radius 3 is 1.21 bits per heavy atom. The number of unbranched alkanes of at least 4 members (excludes halogenated alkanes) is 20. The van der Waals surface area contributed by atoms with E-state index in [4.69, 9.17) is 14.2 Å². The first-order chi connectivity index (χ1) is 23.4. The van der Waals surface area contributed by atoms with Crippen molar-refractivity contribution >= 4 is 17.9 Å². The van der Waals surface area contributed by atoms with Crippen molar-refractivity contribution in [3.63, 3.8) is 0 Å². The lowest BCUT2D eigenvalue weighted by Gasteiger charge is -2.18. The summed E-state index contributed by atoms with van der Waals surface area (Å²) in [5.74, 6) is -0.149. The summed E-state index contributed by atoms with van der Waals surface area (Å²) >= 11 is 0. The van der Waals surface area contributed by atoms with Crippen LogP contribution in [0.15, 0.2) is 0 Å². The highest BCUT2D eigenvalue weighted by Crippen LogP contribution is 2.18. The minimum atomic E-state index is -0.0615. The van der Waals surface area contributed by atoms with Gasteiger partial charge in [0.25, 0.3) is 0 Å². The number of ether oxygens (including phenoxy) is 3. The average Bonchev–Trinajstić information content (AvgIpc) is 3.05. The second-order valence-electron chi connectivity index (χ2n) is 14.3. The van der Waals surface area contributed by atoms with Gasteiger partial charge in [-0.15, -0.1) is 0 Å². The number of nitrogens with zero attached hydrogens (tertiary/aromatic N) is 1. The van der Waals surface area contributed by atoms with Gasteiger partial charge in [-0.3, -0.25) is 14.4 Å². The van der Waals surface area contributed by atoms with E-state index in [-0.39, 0.29) is 24.0 Å². The molecule has 0 aliphatic rings. The Kier molecular flexibility index (Phi) is 35.4. The summed E-state index contributed by atoms with van der Waals surface area (Å²) in [4.78, 5) is 38.5. The molecule has 0 aliphatic carbocycles. The summed E-state index contributed by atoms with van der Waals surface area (Å²) in [5, 5.41) is 0. The number of hydrogen-bond acceptors (Lipinski definition) is 7. The highest BCUT2D eigenvalue weighted by atomic mass is 16.5. The van der Waals surface area contributed by atoms with E-state index < -0.39 is 0 Å². The molecule has 0 atom stereocenters. The van der Waals surface area contributed by atoms with E-state index >= 15 is 0 Å². The van der Waals surface area contributed by atoms with Crippen LogP contribution in [-0.2, 0) is 28.6 Å². The fourth-order valence-electron chi connectivity index (χ4n) is 6.02. The molecule has 0 aromatic carbocycles. The van der Waals surface area contributed by atoms with E-state index in [0.717, 1.165) is 129 Å². The van der Waals surface area contributed by atoms with Gasteiger partial charge in [0.1, 0.15) is 6.10 Å². The van der Waals surface area contributed by atoms with Crippen molar-refractivity contribution in [3.05, 3.63) is 0 Å². The molecule has 7 heteroatoms. The molecule has 0 amide bonds. The van der Waals surface area contributed by atoms with Crippen LogP contribution >= 0.6 is 0 Å². The maximum absolute atomic E-state index is 12.5. The number of hydrogen-bond donors (Lipinski definition) is 0. The van der Waals surface area contributed by atoms with Crippen molar-refractivity contribution in [2.24, 2.45) is 0 Å². The first-order valence-electron chi connectivity index (χ1n) is 20.5. The third-order valence-electron chi connectivity index (χ3n) is 9.12. The van der Waals surface area contributed by atoms with E-state index in [0.29, 0.717) is 32.5 Å². The zero-order valence-electron chi connectivity index (χ0n) is 32.3. The molecule has 48 heavy (non-hydrogen) atoms. The molecule has 0 saturated carbocycles. The van der Waals surface area contributed by atoms with Crippen LogP contribution in [0.1, 0.15) is 206 Å². The van der Waals surface area contributed by atoms with Gasteiger partial charge < -0.3 is 19.1 Å². The molecule has 284 valence electrons. The van der Waals surface area contributed by atoms with Gasteiger partial charge in [0.05, 0.1) is 13.2 Å². The Morgan fingerprint density at radius 1 is 0.438 bits per heavy atom. The highest BCUT2D eigenvalue weighted by molar-refractivity contribution is 5.70. The van der Waals surface area contributed by atoms with Gasteiger partial charge in [0.2, 0.25) is 0 Å². The van der Waals surface area contributed by atoms with Crippen LogP contribution in [0.3, 0.4) is 0 Å². The summed E-state index contributed by atoms with van der Waals surface area (Å²) in [7, 11) is 4.06. The molecule has 0 aliphatic heterocycles. The monoisotopic (exact) mass is 682 g/mol. The lowest BCUT2D eigenvalue weighted by molar-refractivity contribution is -0.150. The third kappa shape index (κ3) is 35.7. The number of esters is 3. The summed E-state index contributed by atoms with van der Waals surface area (Å²) in [6.07, 6.45) is 31.7. The molecule has 0 rings (SSSR count). The molecule has 0 N–H and O–H groups in total. The van der Waals surface area contributed by atoms with Crippen LogP contribution in [0, 0.1) is 0 Å². The van der Waals surface area contributed by atoms with Crippen molar-refractivity contribution in [2.45, 2.75) is 213 Å². The normalized spacial score (nSPS) is 11.4. The standard InChI is InChI=1S/C41H79NO6/c1-5-7-9-11-21-27-36-46-39(43)32-25-19-15-13-17-23-30-38(48-41(45)34-29-35-42(3)4)31-24-18-14-16-20-26-33-40(44)47-37-28-22-12-10-8-6-2/h38H,5-37H2,1-4H3. The van der Waals surface area contributed by atoms with Gasteiger partial charge in [-0.1, -0.05) is 129 Å². The minimum Gasteiger partial charge on any atom is -0.466 e. The lowest BCUT2D eigenvalue weighted by atomic mass is 10.0. The Labute approximate surface area is 297 Å². The molecule has 0 radical (unpaired) electrons. The van der Waals surface area contributed by atoms with E-state index in [9.17, 15) is 14.4 Å². The van der Waals surface area contributed by atoms with E-state index in [1.54, 1.807) is 0 Å². The van der Waals surface area contributed by atoms with Crippen molar-refractivity contribution in [2.75, 3.05) is 33.9 Å². The largest absolute Gasteiger partial charge is 0.466 e. The number of rotatable bonds is 37. The molecule has 7 nitrogen and oxygen atoms in total. The van der Waals surface area contributed by atoms with Gasteiger partial charge >= 0.3 is 17.9 Å². The summed E-state index contributed by atoms with van der Waals surface area (Å²) in [6, 6.07) is 0. The molecule has 0 spiro atoms. The molecule has 0 fully saturated rings.